The van der Waals surface area contributed by atoms with Crippen LogP contribution in [0.15, 0.2) is 12.2 Å². The van der Waals surface area contributed by atoms with E-state index in [0.29, 0.717) is 46.1 Å². The van der Waals surface area contributed by atoms with Crippen LogP contribution in [0.2, 0.25) is 16.6 Å². The van der Waals surface area contributed by atoms with Crippen molar-refractivity contribution in [2.75, 3.05) is 6.61 Å². The minimum Gasteiger partial charge on any atom is -0.416 e. The van der Waals surface area contributed by atoms with Crippen molar-refractivity contribution in [2.45, 2.75) is 91.8 Å². The maximum atomic E-state index is 12.4. The number of hydrogen-bond donors (Lipinski definition) is 0. The second kappa shape index (κ2) is 7.91. The molecule has 2 nitrogen and oxygen atoms in total. The summed E-state index contributed by atoms with van der Waals surface area (Å²) in [4.78, 5) is 12.4. The molecule has 3 aliphatic carbocycles. The van der Waals surface area contributed by atoms with Gasteiger partial charge < -0.3 is 4.43 Å². The van der Waals surface area contributed by atoms with Gasteiger partial charge in [0.1, 0.15) is 5.78 Å². The van der Waals surface area contributed by atoms with Crippen LogP contribution in [0.3, 0.4) is 0 Å². The summed E-state index contributed by atoms with van der Waals surface area (Å²) in [5.74, 6) is 2.58. The van der Waals surface area contributed by atoms with Crippen LogP contribution in [0, 0.1) is 29.1 Å². The number of carbonyl (C=O) groups is 1. The topological polar surface area (TPSA) is 26.3 Å². The van der Waals surface area contributed by atoms with Gasteiger partial charge in [0, 0.05) is 18.4 Å². The number of hydrogen-bond acceptors (Lipinski definition) is 2. The molecule has 3 rings (SSSR count). The van der Waals surface area contributed by atoms with Crippen LogP contribution in [0.5, 0.6) is 0 Å². The Morgan fingerprint density at radius 1 is 1.08 bits per heavy atom. The lowest BCUT2D eigenvalue weighted by Crippen LogP contribution is -2.51. The maximum absolute atomic E-state index is 12.4. The predicted octanol–water partition coefficient (Wildman–Crippen LogP) is 6.62. The van der Waals surface area contributed by atoms with E-state index in [-0.39, 0.29) is 5.41 Å². The van der Waals surface area contributed by atoms with Gasteiger partial charge in [-0.15, -0.1) is 0 Å². The largest absolute Gasteiger partial charge is 0.416 e. The molecular weight excluding hydrogens is 336 g/mol. The van der Waals surface area contributed by atoms with Gasteiger partial charge in [-0.3, -0.25) is 4.79 Å². The molecular formula is C23H42O2Si. The van der Waals surface area contributed by atoms with Crippen LogP contribution in [0.4, 0.5) is 0 Å². The van der Waals surface area contributed by atoms with Gasteiger partial charge in [-0.25, -0.2) is 0 Å². The smallest absolute Gasteiger partial charge is 0.200 e. The lowest BCUT2D eigenvalue weighted by Gasteiger charge is -2.49. The van der Waals surface area contributed by atoms with E-state index in [1.165, 1.54) is 0 Å². The maximum Gasteiger partial charge on any atom is 0.200 e. The van der Waals surface area contributed by atoms with Crippen LogP contribution in [-0.4, -0.2) is 20.7 Å². The van der Waals surface area contributed by atoms with E-state index >= 15 is 0 Å². The molecule has 1 fully saturated rings. The number of Topliss-reactive ketones (excluding diaryl/α,β-unsaturated/α-hetero) is 1. The highest BCUT2D eigenvalue weighted by Gasteiger charge is 2.50. The molecule has 26 heavy (non-hydrogen) atoms. The minimum absolute atomic E-state index is 0.227. The minimum atomic E-state index is -1.84. The van der Waals surface area contributed by atoms with E-state index < -0.39 is 8.32 Å². The molecule has 0 aromatic heterocycles. The molecule has 0 amide bonds. The number of rotatable bonds is 8. The van der Waals surface area contributed by atoms with Crippen molar-refractivity contribution in [3.05, 3.63) is 12.2 Å². The average Bonchev–Trinajstić information content (AvgIpc) is 2.51. The van der Waals surface area contributed by atoms with Crippen molar-refractivity contribution in [2.24, 2.45) is 29.1 Å². The molecule has 3 aliphatic rings. The summed E-state index contributed by atoms with van der Waals surface area (Å²) in [6, 6.07) is 0. The Morgan fingerprint density at radius 3 is 2.00 bits per heavy atom. The van der Waals surface area contributed by atoms with Crippen molar-refractivity contribution < 1.29 is 9.22 Å². The Hall–Kier alpha value is -0.413. The highest BCUT2D eigenvalue weighted by Crippen LogP contribution is 2.51. The summed E-state index contributed by atoms with van der Waals surface area (Å²) in [5, 5.41) is 0. The van der Waals surface area contributed by atoms with Crippen LogP contribution in [-0.2, 0) is 9.22 Å². The first kappa shape index (κ1) is 21.9. The van der Waals surface area contributed by atoms with Gasteiger partial charge in [-0.2, -0.15) is 0 Å². The highest BCUT2D eigenvalue weighted by molar-refractivity contribution is 6.77. The Balaban J connectivity index is 2.22. The standard InChI is InChI=1S/C23H42O2Si/c1-15(2)21(14-25-26(16(3)4,17(5)6)18(7)8)20-13-23(9)11-10-19(20)12-22(23)24/h10-11,15-21H,12-14H2,1-9H3/t19-,20+,21+,23+/m0/s1. The number of carbonyl (C=O) groups excluding carboxylic acids is 1. The first-order valence-electron chi connectivity index (χ1n) is 10.8. The van der Waals surface area contributed by atoms with Gasteiger partial charge in [0.15, 0.2) is 8.32 Å². The molecule has 0 spiro atoms. The summed E-state index contributed by atoms with van der Waals surface area (Å²) < 4.78 is 6.99. The first-order valence-corrected chi connectivity index (χ1v) is 13.0. The molecule has 0 aliphatic heterocycles. The Kier molecular flexibility index (Phi) is 6.66. The molecule has 0 N–H and O–H groups in total. The van der Waals surface area contributed by atoms with Crippen LogP contribution in [0.1, 0.15) is 75.2 Å². The molecule has 3 heteroatoms. The molecule has 0 heterocycles. The first-order chi connectivity index (χ1) is 12.0. The molecule has 0 aromatic rings. The summed E-state index contributed by atoms with van der Waals surface area (Å²) >= 11 is 0. The van der Waals surface area contributed by atoms with Gasteiger partial charge in [-0.05, 0) is 53.6 Å². The average molecular weight is 379 g/mol. The van der Waals surface area contributed by atoms with Crippen LogP contribution >= 0.6 is 0 Å². The summed E-state index contributed by atoms with van der Waals surface area (Å²) in [7, 11) is -1.84. The van der Waals surface area contributed by atoms with Gasteiger partial charge >= 0.3 is 0 Å². The van der Waals surface area contributed by atoms with Crippen molar-refractivity contribution in [1.29, 1.82) is 0 Å². The van der Waals surface area contributed by atoms with Crippen LogP contribution in [0.25, 0.3) is 0 Å². The number of allylic oxidation sites excluding steroid dienone is 2. The molecule has 0 aromatic carbocycles. The second-order valence-corrected chi connectivity index (χ2v) is 15.9. The van der Waals surface area contributed by atoms with Gasteiger partial charge in [-0.1, -0.05) is 67.5 Å². The quantitative estimate of drug-likeness (QED) is 0.350. The van der Waals surface area contributed by atoms with Crippen molar-refractivity contribution in [1.82, 2.24) is 0 Å². The monoisotopic (exact) mass is 378 g/mol. The third-order valence-corrected chi connectivity index (χ3v) is 13.7. The Morgan fingerprint density at radius 2 is 1.62 bits per heavy atom. The van der Waals surface area contributed by atoms with Crippen LogP contribution < -0.4 is 0 Å². The van der Waals surface area contributed by atoms with Gasteiger partial charge in [0.25, 0.3) is 0 Å². The SMILES string of the molecule is CC(C)[C@@H](CO[Si](C(C)C)(C(C)C)C(C)C)[C@@H]1C[C@@]2(C)C=C[C@H]1CC2=O. The van der Waals surface area contributed by atoms with Gasteiger partial charge in [0.2, 0.25) is 0 Å². The predicted molar refractivity (Wildman–Crippen MR) is 114 cm³/mol. The number of fused-ring (bicyclic) bond motifs is 2. The molecule has 150 valence electrons. The zero-order valence-electron chi connectivity index (χ0n) is 18.6. The molecule has 1 saturated carbocycles. The summed E-state index contributed by atoms with van der Waals surface area (Å²) in [6.45, 7) is 21.9. The molecule has 2 bridgehead atoms. The lowest BCUT2D eigenvalue weighted by molar-refractivity contribution is -0.133. The second-order valence-electron chi connectivity index (χ2n) is 10.5. The fourth-order valence-electron chi connectivity index (χ4n) is 6.08. The number of ketones is 1. The van der Waals surface area contributed by atoms with Gasteiger partial charge in [0.05, 0.1) is 0 Å². The van der Waals surface area contributed by atoms with E-state index in [1.54, 1.807) is 0 Å². The van der Waals surface area contributed by atoms with E-state index in [0.717, 1.165) is 19.4 Å². The van der Waals surface area contributed by atoms with Crippen molar-refractivity contribution in [3.63, 3.8) is 0 Å². The summed E-state index contributed by atoms with van der Waals surface area (Å²) in [6.07, 6.45) is 6.28. The lowest BCUT2D eigenvalue weighted by atomic mass is 9.56. The normalized spacial score (nSPS) is 30.3. The Labute approximate surface area is 163 Å². The third-order valence-electron chi connectivity index (χ3n) is 7.62. The fourth-order valence-corrected chi connectivity index (χ4v) is 11.6. The molecule has 0 saturated heterocycles. The van der Waals surface area contributed by atoms with Crippen molar-refractivity contribution >= 4 is 14.1 Å². The zero-order chi connectivity index (χ0) is 19.9. The van der Waals surface area contributed by atoms with Crippen molar-refractivity contribution in [3.8, 4) is 0 Å². The highest BCUT2D eigenvalue weighted by atomic mass is 28.4. The molecule has 0 unspecified atom stereocenters. The fraction of sp³-hybridized carbons (Fsp3) is 0.870. The van der Waals surface area contributed by atoms with E-state index in [9.17, 15) is 4.79 Å². The zero-order valence-corrected chi connectivity index (χ0v) is 19.6. The Bertz CT molecular complexity index is 513. The van der Waals surface area contributed by atoms with E-state index in [2.05, 4.69) is 74.5 Å². The molecule has 4 atom stereocenters. The third kappa shape index (κ3) is 3.76. The summed E-state index contributed by atoms with van der Waals surface area (Å²) in [5.41, 5.74) is 1.64. The van der Waals surface area contributed by atoms with E-state index in [4.69, 9.17) is 4.43 Å². The van der Waals surface area contributed by atoms with E-state index in [1.807, 2.05) is 0 Å². The molecule has 0 radical (unpaired) electrons.